The zero-order valence-electron chi connectivity index (χ0n) is 17.1. The van der Waals surface area contributed by atoms with Gasteiger partial charge in [-0.15, -0.1) is 0 Å². The van der Waals surface area contributed by atoms with Crippen molar-refractivity contribution >= 4 is 51.6 Å². The van der Waals surface area contributed by atoms with E-state index in [-0.39, 0.29) is 11.0 Å². The lowest BCUT2D eigenvalue weighted by atomic mass is 10.2. The number of rotatable bonds is 5. The lowest BCUT2D eigenvalue weighted by Gasteiger charge is -2.12. The van der Waals surface area contributed by atoms with E-state index in [1.165, 1.54) is 14.2 Å². The van der Waals surface area contributed by atoms with E-state index in [1.54, 1.807) is 36.4 Å². The molecule has 4 rings (SSSR count). The summed E-state index contributed by atoms with van der Waals surface area (Å²) in [4.78, 5) is 17.0. The molecule has 162 valence electrons. The van der Waals surface area contributed by atoms with Crippen molar-refractivity contribution in [3.8, 4) is 23.0 Å². The molecule has 0 saturated heterocycles. The Balaban J connectivity index is 1.47. The summed E-state index contributed by atoms with van der Waals surface area (Å²) in [5.41, 5.74) is 3.10. The van der Waals surface area contributed by atoms with Crippen LogP contribution in [0.15, 0.2) is 65.1 Å². The maximum Gasteiger partial charge on any atom is 0.257 e. The summed E-state index contributed by atoms with van der Waals surface area (Å²) >= 11 is 11.3. The van der Waals surface area contributed by atoms with Gasteiger partial charge >= 0.3 is 0 Å². The van der Waals surface area contributed by atoms with Gasteiger partial charge in [0.25, 0.3) is 5.91 Å². The van der Waals surface area contributed by atoms with E-state index in [0.717, 1.165) is 5.56 Å². The molecule has 0 bridgehead atoms. The van der Waals surface area contributed by atoms with Gasteiger partial charge in [-0.05, 0) is 66.8 Å². The highest BCUT2D eigenvalue weighted by Crippen LogP contribution is 2.28. The number of benzene rings is 3. The fraction of sp³-hybridized carbons (Fsp3) is 0.0870. The monoisotopic (exact) mass is 467 g/mol. The average Bonchev–Trinajstić information content (AvgIpc) is 3.22. The molecule has 7 nitrogen and oxygen atoms in total. The van der Waals surface area contributed by atoms with Gasteiger partial charge in [-0.25, -0.2) is 4.98 Å². The summed E-state index contributed by atoms with van der Waals surface area (Å²) in [7, 11) is 3.03. The molecule has 32 heavy (non-hydrogen) atoms. The van der Waals surface area contributed by atoms with E-state index in [2.05, 4.69) is 15.6 Å². The molecule has 0 atom stereocenters. The Morgan fingerprint density at radius 1 is 1.03 bits per heavy atom. The number of oxazole rings is 1. The topological polar surface area (TPSA) is 85.6 Å². The van der Waals surface area contributed by atoms with Crippen molar-refractivity contribution < 1.29 is 18.7 Å². The Morgan fingerprint density at radius 2 is 1.84 bits per heavy atom. The molecule has 2 N–H and O–H groups in total. The van der Waals surface area contributed by atoms with Crippen molar-refractivity contribution in [2.75, 3.05) is 19.5 Å². The Kier molecular flexibility index (Phi) is 6.25. The molecular formula is C23H18ClN3O4S. The van der Waals surface area contributed by atoms with Gasteiger partial charge < -0.3 is 19.2 Å². The molecular weight excluding hydrogens is 450 g/mol. The molecule has 0 fully saturated rings. The van der Waals surface area contributed by atoms with Crippen molar-refractivity contribution in [1.29, 1.82) is 0 Å². The number of carbonyl (C=O) groups is 1. The first kappa shape index (κ1) is 21.6. The summed E-state index contributed by atoms with van der Waals surface area (Å²) in [6, 6.07) is 17.5. The van der Waals surface area contributed by atoms with Gasteiger partial charge in [0.1, 0.15) is 5.52 Å². The number of carbonyl (C=O) groups excluding carboxylic acids is 1. The summed E-state index contributed by atoms with van der Waals surface area (Å²) in [5.74, 6) is 1.05. The standard InChI is InChI=1S/C23H18ClN3O4S/c1-29-19-8-6-13(11-20(19)30-2)21(28)27-23(32)25-16-5-3-4-14(10-16)22-26-17-12-15(24)7-9-18(17)31-22/h3-12H,1-2H3,(H2,25,27,28,32). The molecule has 9 heteroatoms. The SMILES string of the molecule is COc1ccc(C(=O)NC(=S)Nc2cccc(-c3nc4cc(Cl)ccc4o3)c2)cc1OC. The van der Waals surface area contributed by atoms with Crippen LogP contribution in [-0.2, 0) is 0 Å². The van der Waals surface area contributed by atoms with Gasteiger partial charge in [-0.2, -0.15) is 0 Å². The van der Waals surface area contributed by atoms with Crippen LogP contribution in [0.2, 0.25) is 5.02 Å². The average molecular weight is 468 g/mol. The molecule has 0 unspecified atom stereocenters. The molecule has 0 spiro atoms. The van der Waals surface area contributed by atoms with Crippen LogP contribution < -0.4 is 20.1 Å². The van der Waals surface area contributed by atoms with Gasteiger partial charge in [-0.1, -0.05) is 17.7 Å². The second kappa shape index (κ2) is 9.25. The molecule has 1 heterocycles. The van der Waals surface area contributed by atoms with E-state index >= 15 is 0 Å². The number of nitrogens with zero attached hydrogens (tertiary/aromatic N) is 1. The fourth-order valence-electron chi connectivity index (χ4n) is 3.07. The third-order valence-electron chi connectivity index (χ3n) is 4.59. The predicted molar refractivity (Wildman–Crippen MR) is 128 cm³/mol. The Hall–Kier alpha value is -3.62. The van der Waals surface area contributed by atoms with Crippen molar-refractivity contribution in [2.24, 2.45) is 0 Å². The molecule has 1 aromatic heterocycles. The number of amides is 1. The van der Waals surface area contributed by atoms with Crippen molar-refractivity contribution in [2.45, 2.75) is 0 Å². The number of nitrogens with one attached hydrogen (secondary N) is 2. The van der Waals surface area contributed by atoms with Gasteiger partial charge in [0.05, 0.1) is 14.2 Å². The third-order valence-corrected chi connectivity index (χ3v) is 5.03. The molecule has 0 aliphatic rings. The zero-order valence-corrected chi connectivity index (χ0v) is 18.7. The minimum atomic E-state index is -0.379. The number of hydrogen-bond acceptors (Lipinski definition) is 6. The summed E-state index contributed by atoms with van der Waals surface area (Å²) in [6.45, 7) is 0. The number of methoxy groups -OCH3 is 2. The Bertz CT molecular complexity index is 1320. The highest BCUT2D eigenvalue weighted by atomic mass is 35.5. The molecule has 4 aromatic rings. The van der Waals surface area contributed by atoms with Crippen molar-refractivity contribution in [3.05, 3.63) is 71.2 Å². The second-order valence-electron chi connectivity index (χ2n) is 6.69. The van der Waals surface area contributed by atoms with Crippen LogP contribution in [0.5, 0.6) is 11.5 Å². The van der Waals surface area contributed by atoms with Crippen LogP contribution in [0.4, 0.5) is 5.69 Å². The van der Waals surface area contributed by atoms with E-state index in [0.29, 0.717) is 44.8 Å². The van der Waals surface area contributed by atoms with Gasteiger partial charge in [-0.3, -0.25) is 10.1 Å². The van der Waals surface area contributed by atoms with Gasteiger partial charge in [0.15, 0.2) is 22.2 Å². The largest absolute Gasteiger partial charge is 0.493 e. The summed E-state index contributed by atoms with van der Waals surface area (Å²) in [6.07, 6.45) is 0. The molecule has 0 radical (unpaired) electrons. The quantitative estimate of drug-likeness (QED) is 0.385. The number of halogens is 1. The van der Waals surface area contributed by atoms with Crippen LogP contribution in [-0.4, -0.2) is 30.2 Å². The highest BCUT2D eigenvalue weighted by molar-refractivity contribution is 7.80. The molecule has 0 aliphatic heterocycles. The first-order chi connectivity index (χ1) is 15.5. The van der Waals surface area contributed by atoms with Crippen molar-refractivity contribution in [1.82, 2.24) is 10.3 Å². The third kappa shape index (κ3) is 4.66. The number of thiocarbonyl (C=S) groups is 1. The van der Waals surface area contributed by atoms with E-state index in [1.807, 2.05) is 24.3 Å². The van der Waals surface area contributed by atoms with E-state index in [9.17, 15) is 4.79 Å². The number of fused-ring (bicyclic) bond motifs is 1. The minimum Gasteiger partial charge on any atom is -0.493 e. The first-order valence-corrected chi connectivity index (χ1v) is 10.3. The van der Waals surface area contributed by atoms with Gasteiger partial charge in [0, 0.05) is 21.8 Å². The van der Waals surface area contributed by atoms with Crippen LogP contribution in [0.25, 0.3) is 22.6 Å². The van der Waals surface area contributed by atoms with Crippen LogP contribution in [0.3, 0.4) is 0 Å². The Morgan fingerprint density at radius 3 is 2.62 bits per heavy atom. The zero-order chi connectivity index (χ0) is 22.7. The molecule has 0 aliphatic carbocycles. The lowest BCUT2D eigenvalue weighted by molar-refractivity contribution is 0.0977. The normalized spacial score (nSPS) is 10.6. The Labute approximate surface area is 194 Å². The number of ether oxygens (including phenoxy) is 2. The minimum absolute atomic E-state index is 0.145. The van der Waals surface area contributed by atoms with Crippen LogP contribution >= 0.6 is 23.8 Å². The number of anilines is 1. The maximum atomic E-state index is 12.6. The summed E-state index contributed by atoms with van der Waals surface area (Å²) < 4.78 is 16.2. The fourth-order valence-corrected chi connectivity index (χ4v) is 3.45. The molecule has 0 saturated carbocycles. The second-order valence-corrected chi connectivity index (χ2v) is 7.53. The first-order valence-electron chi connectivity index (χ1n) is 9.47. The smallest absolute Gasteiger partial charge is 0.257 e. The van der Waals surface area contributed by atoms with Crippen LogP contribution in [0, 0.1) is 0 Å². The van der Waals surface area contributed by atoms with E-state index in [4.69, 9.17) is 37.7 Å². The predicted octanol–water partition coefficient (Wildman–Crippen LogP) is 5.29. The lowest BCUT2D eigenvalue weighted by Crippen LogP contribution is -2.34. The highest BCUT2D eigenvalue weighted by Gasteiger charge is 2.13. The molecule has 3 aromatic carbocycles. The van der Waals surface area contributed by atoms with E-state index < -0.39 is 0 Å². The van der Waals surface area contributed by atoms with Crippen LogP contribution in [0.1, 0.15) is 10.4 Å². The number of aromatic nitrogens is 1. The maximum absolute atomic E-state index is 12.6. The molecule has 1 amide bonds. The van der Waals surface area contributed by atoms with Gasteiger partial charge in [0.2, 0.25) is 5.89 Å². The number of hydrogen-bond donors (Lipinski definition) is 2. The van der Waals surface area contributed by atoms with Crippen molar-refractivity contribution in [3.63, 3.8) is 0 Å². The summed E-state index contributed by atoms with van der Waals surface area (Å²) in [5, 5.41) is 6.38.